The maximum Gasteiger partial charge on any atom is 0.259 e. The molecular weight excluding hydrogens is 304 g/mol. The summed E-state index contributed by atoms with van der Waals surface area (Å²) in [5, 5.41) is 0. The van der Waals surface area contributed by atoms with Crippen LogP contribution in [0.4, 0.5) is 5.69 Å². The summed E-state index contributed by atoms with van der Waals surface area (Å²) in [6.45, 7) is 10.2. The van der Waals surface area contributed by atoms with Gasteiger partial charge in [0.25, 0.3) is 5.91 Å². The number of hydrogen-bond donors (Lipinski definition) is 1. The Morgan fingerprint density at radius 3 is 2.35 bits per heavy atom. The number of anilines is 1. The minimum atomic E-state index is 0.0957. The molecule has 0 fully saturated rings. The highest BCUT2D eigenvalue weighted by atomic mass is 32.1. The van der Waals surface area contributed by atoms with Gasteiger partial charge in [0.05, 0.1) is 5.69 Å². The summed E-state index contributed by atoms with van der Waals surface area (Å²) in [7, 11) is 0. The van der Waals surface area contributed by atoms with Gasteiger partial charge < -0.3 is 5.73 Å². The highest BCUT2D eigenvalue weighted by Crippen LogP contribution is 2.43. The normalized spacial score (nSPS) is 17.8. The van der Waals surface area contributed by atoms with E-state index >= 15 is 0 Å². The van der Waals surface area contributed by atoms with Gasteiger partial charge in [0.1, 0.15) is 4.99 Å². The lowest BCUT2D eigenvalue weighted by molar-refractivity contribution is -0.114. The Labute approximate surface area is 142 Å². The average Bonchev–Trinajstić information content (AvgIpc) is 2.76. The number of thiocarbonyl (C=S) groups is 1. The van der Waals surface area contributed by atoms with Crippen LogP contribution in [0.15, 0.2) is 29.5 Å². The molecule has 23 heavy (non-hydrogen) atoms. The molecule has 0 bridgehead atoms. The first-order valence-electron chi connectivity index (χ1n) is 8.01. The minimum Gasteiger partial charge on any atom is -0.389 e. The Morgan fingerprint density at radius 2 is 1.78 bits per heavy atom. The monoisotopic (exact) mass is 326 g/mol. The lowest BCUT2D eigenvalue weighted by atomic mass is 9.93. The van der Waals surface area contributed by atoms with Crippen molar-refractivity contribution in [2.45, 2.75) is 46.5 Å². The van der Waals surface area contributed by atoms with Crippen LogP contribution in [-0.4, -0.2) is 10.9 Å². The molecule has 0 saturated carbocycles. The van der Waals surface area contributed by atoms with E-state index in [2.05, 4.69) is 6.58 Å². The maximum atomic E-state index is 12.9. The Balaban J connectivity index is 2.14. The van der Waals surface area contributed by atoms with Gasteiger partial charge in [-0.2, -0.15) is 0 Å². The number of nitrogens with two attached hydrogens (primary N) is 1. The largest absolute Gasteiger partial charge is 0.389 e. The van der Waals surface area contributed by atoms with Gasteiger partial charge in [-0.05, 0) is 74.8 Å². The molecule has 3 rings (SSSR count). The second kappa shape index (κ2) is 5.60. The van der Waals surface area contributed by atoms with Crippen LogP contribution in [0.2, 0.25) is 0 Å². The number of hydrogen-bond acceptors (Lipinski definition) is 2. The fourth-order valence-electron chi connectivity index (χ4n) is 3.76. The number of nitrogens with zero attached hydrogens (tertiary/aromatic N) is 1. The number of allylic oxidation sites excluding steroid dienone is 1. The molecule has 1 aromatic rings. The molecule has 0 atom stereocenters. The lowest BCUT2D eigenvalue weighted by Gasteiger charge is -2.25. The van der Waals surface area contributed by atoms with Crippen molar-refractivity contribution in [3.8, 4) is 0 Å². The van der Waals surface area contributed by atoms with E-state index in [9.17, 15) is 4.79 Å². The zero-order valence-corrected chi connectivity index (χ0v) is 14.8. The maximum absolute atomic E-state index is 12.9. The zero-order valence-electron chi connectivity index (χ0n) is 14.0. The van der Waals surface area contributed by atoms with Crippen molar-refractivity contribution < 1.29 is 4.79 Å². The van der Waals surface area contributed by atoms with Gasteiger partial charge in [-0.1, -0.05) is 18.8 Å². The van der Waals surface area contributed by atoms with Crippen LogP contribution in [0, 0.1) is 20.8 Å². The van der Waals surface area contributed by atoms with E-state index in [-0.39, 0.29) is 5.91 Å². The Bertz CT molecular complexity index is 761. The van der Waals surface area contributed by atoms with Gasteiger partial charge in [-0.25, -0.2) is 0 Å². The first-order valence-corrected chi connectivity index (χ1v) is 8.41. The molecule has 3 nitrogen and oxygen atoms in total. The molecule has 2 N–H and O–H groups in total. The predicted molar refractivity (Wildman–Crippen MR) is 98.7 cm³/mol. The molecular formula is C19H22N2OS. The number of aryl methyl sites for hydroxylation is 1. The first kappa shape index (κ1) is 15.9. The summed E-state index contributed by atoms with van der Waals surface area (Å²) in [6, 6.07) is 1.98. The summed E-state index contributed by atoms with van der Waals surface area (Å²) >= 11 is 5.15. The van der Waals surface area contributed by atoms with Crippen molar-refractivity contribution in [1.82, 2.24) is 0 Å². The van der Waals surface area contributed by atoms with Gasteiger partial charge in [0.15, 0.2) is 0 Å². The summed E-state index contributed by atoms with van der Waals surface area (Å²) in [6.07, 6.45) is 4.05. The molecule has 1 amide bonds. The number of carbonyl (C=O) groups is 1. The fraction of sp³-hybridized carbons (Fsp3) is 0.368. The number of rotatable bonds is 2. The highest BCUT2D eigenvalue weighted by molar-refractivity contribution is 7.80. The SMILES string of the molecule is C=C1C2=C(CCCC2)C(=O)N1c1c(C)cc(C(N)=S)c(C)c1C. The molecule has 1 aliphatic carbocycles. The van der Waals surface area contributed by atoms with E-state index in [1.165, 1.54) is 0 Å². The molecule has 1 aromatic carbocycles. The second-order valence-electron chi connectivity index (χ2n) is 6.46. The molecule has 2 aliphatic rings. The topological polar surface area (TPSA) is 46.3 Å². The summed E-state index contributed by atoms with van der Waals surface area (Å²) in [5.74, 6) is 0.0957. The summed E-state index contributed by atoms with van der Waals surface area (Å²) in [5.41, 5.74) is 13.7. The zero-order chi connectivity index (χ0) is 16.9. The lowest BCUT2D eigenvalue weighted by Crippen LogP contribution is -2.27. The third kappa shape index (κ3) is 2.32. The van der Waals surface area contributed by atoms with E-state index in [0.29, 0.717) is 4.99 Å². The molecule has 1 heterocycles. The minimum absolute atomic E-state index is 0.0957. The van der Waals surface area contributed by atoms with E-state index < -0.39 is 0 Å². The van der Waals surface area contributed by atoms with Gasteiger partial charge in [0, 0.05) is 16.8 Å². The molecule has 1 aliphatic heterocycles. The Kier molecular flexibility index (Phi) is 3.88. The van der Waals surface area contributed by atoms with Gasteiger partial charge in [-0.3, -0.25) is 9.69 Å². The van der Waals surface area contributed by atoms with Gasteiger partial charge in [0.2, 0.25) is 0 Å². The van der Waals surface area contributed by atoms with E-state index in [1.54, 1.807) is 4.90 Å². The van der Waals surface area contributed by atoms with Crippen molar-refractivity contribution >= 4 is 28.8 Å². The molecule has 4 heteroatoms. The number of carbonyl (C=O) groups excluding carboxylic acids is 1. The van der Waals surface area contributed by atoms with Crippen LogP contribution < -0.4 is 10.6 Å². The molecule has 0 unspecified atom stereocenters. The standard InChI is InChI=1S/C19H22N2OS/c1-10-9-16(18(20)23)11(2)12(3)17(10)21-13(4)14-7-5-6-8-15(14)19(21)22/h9H,4-8H2,1-3H3,(H2,20,23). The molecule has 0 saturated heterocycles. The quantitative estimate of drug-likeness (QED) is 0.836. The van der Waals surface area contributed by atoms with Crippen LogP contribution in [0.3, 0.4) is 0 Å². The van der Waals surface area contributed by atoms with Crippen molar-refractivity contribution in [3.05, 3.63) is 51.7 Å². The molecule has 0 radical (unpaired) electrons. The van der Waals surface area contributed by atoms with Crippen LogP contribution in [0.25, 0.3) is 0 Å². The van der Waals surface area contributed by atoms with Gasteiger partial charge >= 0.3 is 0 Å². The third-order valence-corrected chi connectivity index (χ3v) is 5.31. The molecule has 0 aromatic heterocycles. The highest BCUT2D eigenvalue weighted by Gasteiger charge is 2.37. The Hall–Kier alpha value is -1.94. The van der Waals surface area contributed by atoms with Crippen LogP contribution in [-0.2, 0) is 4.79 Å². The number of benzene rings is 1. The molecule has 120 valence electrons. The summed E-state index contributed by atoms with van der Waals surface area (Å²) in [4.78, 5) is 15.1. The predicted octanol–water partition coefficient (Wildman–Crippen LogP) is 3.98. The van der Waals surface area contributed by atoms with Crippen LogP contribution in [0.5, 0.6) is 0 Å². The van der Waals surface area contributed by atoms with E-state index in [1.807, 2.05) is 26.8 Å². The third-order valence-electron chi connectivity index (χ3n) is 5.09. The fourth-order valence-corrected chi connectivity index (χ4v) is 3.97. The smallest absolute Gasteiger partial charge is 0.259 e. The van der Waals surface area contributed by atoms with Crippen molar-refractivity contribution in [2.75, 3.05) is 4.90 Å². The number of amides is 1. The summed E-state index contributed by atoms with van der Waals surface area (Å²) < 4.78 is 0. The Morgan fingerprint density at radius 1 is 1.17 bits per heavy atom. The van der Waals surface area contributed by atoms with E-state index in [4.69, 9.17) is 18.0 Å². The molecule has 0 spiro atoms. The average molecular weight is 326 g/mol. The first-order chi connectivity index (χ1) is 10.8. The van der Waals surface area contributed by atoms with Crippen molar-refractivity contribution in [3.63, 3.8) is 0 Å². The van der Waals surface area contributed by atoms with E-state index in [0.717, 1.165) is 70.5 Å². The van der Waals surface area contributed by atoms with Crippen molar-refractivity contribution in [1.29, 1.82) is 0 Å². The van der Waals surface area contributed by atoms with Crippen molar-refractivity contribution in [2.24, 2.45) is 5.73 Å². The van der Waals surface area contributed by atoms with Crippen LogP contribution in [0.1, 0.15) is 47.9 Å². The second-order valence-corrected chi connectivity index (χ2v) is 6.90. The van der Waals surface area contributed by atoms with Crippen LogP contribution >= 0.6 is 12.2 Å². The van der Waals surface area contributed by atoms with Gasteiger partial charge in [-0.15, -0.1) is 0 Å².